The van der Waals surface area contributed by atoms with Gasteiger partial charge in [-0.05, 0) is 24.6 Å². The van der Waals surface area contributed by atoms with Crippen molar-refractivity contribution in [3.05, 3.63) is 53.3 Å². The van der Waals surface area contributed by atoms with Gasteiger partial charge in [0.05, 0.1) is 5.69 Å². The third-order valence-corrected chi connectivity index (χ3v) is 2.57. The second kappa shape index (κ2) is 5.41. The van der Waals surface area contributed by atoms with Crippen LogP contribution in [0.3, 0.4) is 0 Å². The molecule has 0 spiro atoms. The first-order valence-electron chi connectivity index (χ1n) is 5.52. The van der Waals surface area contributed by atoms with Gasteiger partial charge in [0.25, 0.3) is 0 Å². The Labute approximate surface area is 100 Å². The summed E-state index contributed by atoms with van der Waals surface area (Å²) in [6.07, 6.45) is 1.65. The summed E-state index contributed by atoms with van der Waals surface area (Å²) >= 11 is 0. The van der Waals surface area contributed by atoms with Crippen molar-refractivity contribution in [2.75, 3.05) is 0 Å². The molecule has 0 atom stereocenters. The summed E-state index contributed by atoms with van der Waals surface area (Å²) in [6, 6.07) is 9.51. The van der Waals surface area contributed by atoms with Crippen LogP contribution in [-0.2, 0) is 13.1 Å². The number of benzene rings is 1. The maximum Gasteiger partial charge on any atom is 0.122 e. The summed E-state index contributed by atoms with van der Waals surface area (Å²) < 4.78 is 0. The molecule has 4 heteroatoms. The van der Waals surface area contributed by atoms with Crippen molar-refractivity contribution in [2.45, 2.75) is 20.0 Å². The molecule has 1 aromatic heterocycles. The molecule has 0 radical (unpaired) electrons. The van der Waals surface area contributed by atoms with Gasteiger partial charge in [0.1, 0.15) is 5.75 Å². The van der Waals surface area contributed by atoms with E-state index in [-0.39, 0.29) is 0 Å². The fourth-order valence-corrected chi connectivity index (χ4v) is 1.62. The molecular formula is C13H15N3O. The van der Waals surface area contributed by atoms with Gasteiger partial charge in [0, 0.05) is 24.8 Å². The summed E-state index contributed by atoms with van der Waals surface area (Å²) in [5, 5.41) is 20.8. The fourth-order valence-electron chi connectivity index (χ4n) is 1.62. The monoisotopic (exact) mass is 229 g/mol. The largest absolute Gasteiger partial charge is 0.507 e. The van der Waals surface area contributed by atoms with Gasteiger partial charge in [-0.1, -0.05) is 18.2 Å². The van der Waals surface area contributed by atoms with Crippen LogP contribution in [0.1, 0.15) is 16.8 Å². The van der Waals surface area contributed by atoms with E-state index in [4.69, 9.17) is 0 Å². The van der Waals surface area contributed by atoms with Crippen molar-refractivity contribution >= 4 is 0 Å². The number of aryl methyl sites for hydroxylation is 1. The molecule has 17 heavy (non-hydrogen) atoms. The van der Waals surface area contributed by atoms with E-state index in [1.807, 2.05) is 37.3 Å². The maximum atomic E-state index is 9.83. The van der Waals surface area contributed by atoms with Gasteiger partial charge < -0.3 is 10.4 Å². The first-order valence-corrected chi connectivity index (χ1v) is 5.52. The molecule has 2 aromatic rings. The van der Waals surface area contributed by atoms with Gasteiger partial charge in [-0.2, -0.15) is 10.2 Å². The molecule has 2 N–H and O–H groups in total. The van der Waals surface area contributed by atoms with Gasteiger partial charge in [-0.15, -0.1) is 0 Å². The number of phenolic OH excluding ortho intramolecular Hbond substituents is 1. The van der Waals surface area contributed by atoms with Crippen LogP contribution in [0.25, 0.3) is 0 Å². The highest BCUT2D eigenvalue weighted by atomic mass is 16.3. The van der Waals surface area contributed by atoms with Gasteiger partial charge in [0.15, 0.2) is 0 Å². The highest BCUT2D eigenvalue weighted by Gasteiger charge is 2.03. The lowest BCUT2D eigenvalue weighted by atomic mass is 10.1. The Morgan fingerprint density at radius 3 is 2.82 bits per heavy atom. The molecule has 0 saturated carbocycles. The molecule has 88 valence electrons. The zero-order valence-electron chi connectivity index (χ0n) is 9.72. The van der Waals surface area contributed by atoms with Crippen LogP contribution in [0.5, 0.6) is 5.75 Å². The molecule has 0 fully saturated rings. The number of aromatic hydroxyl groups is 1. The molecule has 0 aliphatic heterocycles. The number of phenols is 1. The predicted molar refractivity (Wildman–Crippen MR) is 65.4 cm³/mol. The highest BCUT2D eigenvalue weighted by Crippen LogP contribution is 2.20. The van der Waals surface area contributed by atoms with E-state index in [1.54, 1.807) is 6.20 Å². The van der Waals surface area contributed by atoms with E-state index in [2.05, 4.69) is 15.5 Å². The van der Waals surface area contributed by atoms with Crippen LogP contribution < -0.4 is 5.32 Å². The van der Waals surface area contributed by atoms with Crippen LogP contribution in [0.15, 0.2) is 36.5 Å². The summed E-state index contributed by atoms with van der Waals surface area (Å²) in [6.45, 7) is 3.15. The molecule has 0 bridgehead atoms. The van der Waals surface area contributed by atoms with Crippen molar-refractivity contribution in [2.24, 2.45) is 0 Å². The third kappa shape index (κ3) is 3.01. The molecule has 0 amide bonds. The van der Waals surface area contributed by atoms with E-state index in [1.165, 1.54) is 0 Å². The van der Waals surface area contributed by atoms with Crippen molar-refractivity contribution in [3.8, 4) is 5.75 Å². The quantitative estimate of drug-likeness (QED) is 0.839. The predicted octanol–water partition coefficient (Wildman–Crippen LogP) is 1.78. The second-order valence-electron chi connectivity index (χ2n) is 3.90. The lowest BCUT2D eigenvalue weighted by Gasteiger charge is -2.07. The van der Waals surface area contributed by atoms with E-state index in [0.29, 0.717) is 18.8 Å². The average Bonchev–Trinajstić information content (AvgIpc) is 2.36. The normalized spacial score (nSPS) is 10.4. The molecule has 0 unspecified atom stereocenters. The topological polar surface area (TPSA) is 58.0 Å². The molecule has 1 aromatic carbocycles. The maximum absolute atomic E-state index is 9.83. The van der Waals surface area contributed by atoms with Crippen LogP contribution >= 0.6 is 0 Å². The van der Waals surface area contributed by atoms with E-state index in [0.717, 1.165) is 16.8 Å². The first kappa shape index (κ1) is 11.5. The number of hydrogen-bond donors (Lipinski definition) is 2. The Balaban J connectivity index is 1.93. The molecule has 0 aliphatic carbocycles. The van der Waals surface area contributed by atoms with E-state index < -0.39 is 0 Å². The van der Waals surface area contributed by atoms with Crippen LogP contribution in [-0.4, -0.2) is 15.3 Å². The van der Waals surface area contributed by atoms with Gasteiger partial charge in [-0.25, -0.2) is 0 Å². The zero-order chi connectivity index (χ0) is 12.1. The summed E-state index contributed by atoms with van der Waals surface area (Å²) in [7, 11) is 0. The van der Waals surface area contributed by atoms with Crippen molar-refractivity contribution in [1.29, 1.82) is 0 Å². The lowest BCUT2D eigenvalue weighted by molar-refractivity contribution is 0.460. The number of nitrogens with one attached hydrogen (secondary N) is 1. The Morgan fingerprint density at radius 2 is 2.06 bits per heavy atom. The minimum absolute atomic E-state index is 0.360. The minimum Gasteiger partial charge on any atom is -0.507 e. The fraction of sp³-hybridized carbons (Fsp3) is 0.231. The SMILES string of the molecule is Cc1cccc(CNCc2cccnn2)c1O. The summed E-state index contributed by atoms with van der Waals surface area (Å²) in [4.78, 5) is 0. The summed E-state index contributed by atoms with van der Waals surface area (Å²) in [5.41, 5.74) is 2.68. The van der Waals surface area contributed by atoms with Gasteiger partial charge in [-0.3, -0.25) is 0 Å². The van der Waals surface area contributed by atoms with Crippen molar-refractivity contribution in [1.82, 2.24) is 15.5 Å². The number of nitrogens with zero attached hydrogens (tertiary/aromatic N) is 2. The summed E-state index contributed by atoms with van der Waals surface area (Å²) in [5.74, 6) is 0.360. The van der Waals surface area contributed by atoms with Crippen molar-refractivity contribution < 1.29 is 5.11 Å². The van der Waals surface area contributed by atoms with Crippen LogP contribution in [0, 0.1) is 6.92 Å². The van der Waals surface area contributed by atoms with Gasteiger partial charge in [0.2, 0.25) is 0 Å². The molecule has 0 aliphatic rings. The van der Waals surface area contributed by atoms with Gasteiger partial charge >= 0.3 is 0 Å². The minimum atomic E-state index is 0.360. The third-order valence-electron chi connectivity index (χ3n) is 2.57. The number of rotatable bonds is 4. The lowest BCUT2D eigenvalue weighted by Crippen LogP contribution is -2.14. The second-order valence-corrected chi connectivity index (χ2v) is 3.90. The first-order chi connectivity index (χ1) is 8.27. The average molecular weight is 229 g/mol. The molecule has 1 heterocycles. The Kier molecular flexibility index (Phi) is 3.67. The molecule has 0 saturated heterocycles. The molecule has 2 rings (SSSR count). The van der Waals surface area contributed by atoms with Crippen molar-refractivity contribution in [3.63, 3.8) is 0 Å². The standard InChI is InChI=1S/C13H15N3O/c1-10-4-2-5-11(13(10)17)8-14-9-12-6-3-7-15-16-12/h2-7,14,17H,8-9H2,1H3. The number of aromatic nitrogens is 2. The van der Waals surface area contributed by atoms with Crippen LogP contribution in [0.2, 0.25) is 0 Å². The number of para-hydroxylation sites is 1. The van der Waals surface area contributed by atoms with E-state index >= 15 is 0 Å². The van der Waals surface area contributed by atoms with Crippen LogP contribution in [0.4, 0.5) is 0 Å². The Bertz CT molecular complexity index is 485. The zero-order valence-corrected chi connectivity index (χ0v) is 9.72. The number of hydrogen-bond acceptors (Lipinski definition) is 4. The highest BCUT2D eigenvalue weighted by molar-refractivity contribution is 5.39. The molecular weight excluding hydrogens is 214 g/mol. The Hall–Kier alpha value is -1.94. The Morgan fingerprint density at radius 1 is 1.18 bits per heavy atom. The molecule has 4 nitrogen and oxygen atoms in total. The van der Waals surface area contributed by atoms with E-state index in [9.17, 15) is 5.11 Å². The smallest absolute Gasteiger partial charge is 0.122 e.